The van der Waals surface area contributed by atoms with E-state index in [0.717, 1.165) is 0 Å². The third kappa shape index (κ3) is 4.66. The van der Waals surface area contributed by atoms with E-state index in [2.05, 4.69) is 13.8 Å². The molecule has 0 bridgehead atoms. The molecule has 0 aromatic rings. The van der Waals surface area contributed by atoms with Crippen LogP contribution in [0.5, 0.6) is 0 Å². The van der Waals surface area contributed by atoms with Crippen molar-refractivity contribution in [1.82, 2.24) is 0 Å². The fraction of sp³-hybridized carbons (Fsp3) is 1.00. The smallest absolute Gasteiger partial charge is 0.165 e. The van der Waals surface area contributed by atoms with Gasteiger partial charge in [-0.3, -0.25) is 0 Å². The maximum Gasteiger partial charge on any atom is 0.165 e. The summed E-state index contributed by atoms with van der Waals surface area (Å²) < 4.78 is 0. The molecule has 0 aliphatic carbocycles. The molecule has 0 saturated carbocycles. The SMILES string of the molecule is CCCC[Si](Cl)CC. The van der Waals surface area contributed by atoms with Gasteiger partial charge >= 0.3 is 0 Å². The maximum atomic E-state index is 5.95. The summed E-state index contributed by atoms with van der Waals surface area (Å²) in [7, 11) is -0.419. The molecule has 0 unspecified atom stereocenters. The molecule has 49 valence electrons. The fourth-order valence-corrected chi connectivity index (χ4v) is 2.04. The van der Waals surface area contributed by atoms with E-state index in [1.807, 2.05) is 0 Å². The molecule has 0 nitrogen and oxygen atoms in total. The average molecular weight is 150 g/mol. The van der Waals surface area contributed by atoms with Gasteiger partial charge < -0.3 is 0 Å². The highest BCUT2D eigenvalue weighted by atomic mass is 35.6. The highest BCUT2D eigenvalue weighted by Gasteiger charge is 2.01. The summed E-state index contributed by atoms with van der Waals surface area (Å²) in [5, 5.41) is 0. The molecule has 0 heterocycles. The molecule has 0 aliphatic heterocycles. The molecule has 0 saturated heterocycles. The van der Waals surface area contributed by atoms with E-state index >= 15 is 0 Å². The Kier molecular flexibility index (Phi) is 6.00. The van der Waals surface area contributed by atoms with E-state index in [0.29, 0.717) is 0 Å². The van der Waals surface area contributed by atoms with Crippen LogP contribution in [0.2, 0.25) is 12.1 Å². The quantitative estimate of drug-likeness (QED) is 0.426. The molecule has 0 spiro atoms. The van der Waals surface area contributed by atoms with Gasteiger partial charge in [0, 0.05) is 0 Å². The number of unbranched alkanes of at least 4 members (excludes halogenated alkanes) is 1. The summed E-state index contributed by atoms with van der Waals surface area (Å²) in [6.07, 6.45) is 2.62. The van der Waals surface area contributed by atoms with Crippen molar-refractivity contribution in [1.29, 1.82) is 0 Å². The second-order valence-corrected chi connectivity index (χ2v) is 5.82. The zero-order valence-electron chi connectivity index (χ0n) is 5.71. The molecule has 0 N–H and O–H groups in total. The molecule has 0 amide bonds. The van der Waals surface area contributed by atoms with Crippen LogP contribution in [-0.4, -0.2) is 8.11 Å². The molecule has 0 fully saturated rings. The number of hydrogen-bond donors (Lipinski definition) is 0. The molecule has 0 rings (SSSR count). The highest BCUT2D eigenvalue weighted by Crippen LogP contribution is 2.07. The lowest BCUT2D eigenvalue weighted by molar-refractivity contribution is 0.876. The lowest BCUT2D eigenvalue weighted by Crippen LogP contribution is -1.98. The number of hydrogen-bond acceptors (Lipinski definition) is 0. The topological polar surface area (TPSA) is 0 Å². The van der Waals surface area contributed by atoms with Crippen molar-refractivity contribution < 1.29 is 0 Å². The van der Waals surface area contributed by atoms with Gasteiger partial charge in [-0.05, 0) is 12.1 Å². The summed E-state index contributed by atoms with van der Waals surface area (Å²) in [6, 6.07) is 2.51. The molecule has 0 aliphatic rings. The van der Waals surface area contributed by atoms with Gasteiger partial charge in [0.25, 0.3) is 0 Å². The Labute approximate surface area is 58.6 Å². The lowest BCUT2D eigenvalue weighted by atomic mass is 10.4. The van der Waals surface area contributed by atoms with Crippen molar-refractivity contribution in [2.24, 2.45) is 0 Å². The summed E-state index contributed by atoms with van der Waals surface area (Å²) in [5.41, 5.74) is 0. The van der Waals surface area contributed by atoms with E-state index < -0.39 is 8.11 Å². The minimum absolute atomic E-state index is 0.419. The van der Waals surface area contributed by atoms with Crippen LogP contribution >= 0.6 is 11.1 Å². The molecule has 0 atom stereocenters. The van der Waals surface area contributed by atoms with Gasteiger partial charge in [-0.25, -0.2) is 0 Å². The van der Waals surface area contributed by atoms with E-state index in [-0.39, 0.29) is 0 Å². The second-order valence-electron chi connectivity index (χ2n) is 1.97. The van der Waals surface area contributed by atoms with Crippen LogP contribution in [0, 0.1) is 0 Å². The van der Waals surface area contributed by atoms with Crippen molar-refractivity contribution in [2.75, 3.05) is 0 Å². The van der Waals surface area contributed by atoms with E-state index in [4.69, 9.17) is 11.1 Å². The third-order valence-corrected chi connectivity index (χ3v) is 4.22. The van der Waals surface area contributed by atoms with Crippen LogP contribution in [0.1, 0.15) is 26.7 Å². The van der Waals surface area contributed by atoms with Gasteiger partial charge in [-0.15, -0.1) is 0 Å². The first-order valence-corrected chi connectivity index (χ1v) is 6.24. The number of halogens is 1. The van der Waals surface area contributed by atoms with Crippen molar-refractivity contribution in [2.45, 2.75) is 38.8 Å². The van der Waals surface area contributed by atoms with Crippen LogP contribution in [0.15, 0.2) is 0 Å². The maximum absolute atomic E-state index is 5.95. The predicted octanol–water partition coefficient (Wildman–Crippen LogP) is 3.04. The van der Waals surface area contributed by atoms with Gasteiger partial charge in [-0.2, -0.15) is 11.1 Å². The van der Waals surface area contributed by atoms with Crippen molar-refractivity contribution in [3.63, 3.8) is 0 Å². The van der Waals surface area contributed by atoms with Crippen LogP contribution in [0.25, 0.3) is 0 Å². The Bertz CT molecular complexity index is 47.8. The first-order chi connectivity index (χ1) is 3.81. The van der Waals surface area contributed by atoms with Gasteiger partial charge in [0.05, 0.1) is 0 Å². The Morgan fingerprint density at radius 2 is 2.00 bits per heavy atom. The summed E-state index contributed by atoms with van der Waals surface area (Å²) in [5.74, 6) is 0. The Morgan fingerprint density at radius 3 is 2.38 bits per heavy atom. The zero-order valence-corrected chi connectivity index (χ0v) is 7.46. The lowest BCUT2D eigenvalue weighted by Gasteiger charge is -1.98. The van der Waals surface area contributed by atoms with Crippen molar-refractivity contribution in [3.8, 4) is 0 Å². The Balaban J connectivity index is 2.86. The zero-order chi connectivity index (χ0) is 6.41. The molecule has 0 aromatic heterocycles. The Hall–Kier alpha value is 0.507. The summed E-state index contributed by atoms with van der Waals surface area (Å²) >= 11 is 5.95. The summed E-state index contributed by atoms with van der Waals surface area (Å²) in [6.45, 7) is 4.39. The van der Waals surface area contributed by atoms with Crippen LogP contribution < -0.4 is 0 Å². The highest BCUT2D eigenvalue weighted by molar-refractivity contribution is 7.06. The largest absolute Gasteiger partial charge is 0.169 e. The van der Waals surface area contributed by atoms with Gasteiger partial charge in [0.1, 0.15) is 0 Å². The first kappa shape index (κ1) is 8.51. The number of rotatable bonds is 4. The van der Waals surface area contributed by atoms with Gasteiger partial charge in [0.2, 0.25) is 0 Å². The summed E-state index contributed by atoms with van der Waals surface area (Å²) in [4.78, 5) is 0. The minimum Gasteiger partial charge on any atom is -0.169 e. The van der Waals surface area contributed by atoms with Gasteiger partial charge in [-0.1, -0.05) is 26.7 Å². The van der Waals surface area contributed by atoms with Crippen LogP contribution in [0.3, 0.4) is 0 Å². The van der Waals surface area contributed by atoms with Crippen LogP contribution in [0.4, 0.5) is 0 Å². The first-order valence-electron chi connectivity index (χ1n) is 3.31. The average Bonchev–Trinajstić information content (AvgIpc) is 1.83. The second kappa shape index (κ2) is 5.64. The fourth-order valence-electron chi connectivity index (χ4n) is 0.545. The monoisotopic (exact) mass is 149 g/mol. The molecule has 0 aromatic carbocycles. The standard InChI is InChI=1S/C6H14ClSi/c1-3-5-6-8(7)4-2/h3-6H2,1-2H3. The normalized spacial score (nSPS) is 10.5. The van der Waals surface area contributed by atoms with Crippen LogP contribution in [-0.2, 0) is 0 Å². The van der Waals surface area contributed by atoms with Crippen molar-refractivity contribution in [3.05, 3.63) is 0 Å². The Morgan fingerprint density at radius 1 is 1.38 bits per heavy atom. The van der Waals surface area contributed by atoms with E-state index in [9.17, 15) is 0 Å². The predicted molar refractivity (Wildman–Crippen MR) is 41.8 cm³/mol. The molecule has 2 heteroatoms. The third-order valence-electron chi connectivity index (χ3n) is 1.19. The minimum atomic E-state index is -0.419. The van der Waals surface area contributed by atoms with E-state index in [1.165, 1.54) is 24.9 Å². The van der Waals surface area contributed by atoms with Crippen molar-refractivity contribution >= 4 is 19.2 Å². The molecule has 8 heavy (non-hydrogen) atoms. The molecular formula is C6H14ClSi. The molecule has 1 radical (unpaired) electrons. The molecular weight excluding hydrogens is 136 g/mol. The van der Waals surface area contributed by atoms with Gasteiger partial charge in [0.15, 0.2) is 8.11 Å². The van der Waals surface area contributed by atoms with E-state index in [1.54, 1.807) is 0 Å².